The quantitative estimate of drug-likeness (QED) is 0.738. The molecule has 0 aromatic heterocycles. The highest BCUT2D eigenvalue weighted by Crippen LogP contribution is 2.31. The maximum atomic E-state index is 13.0. The number of amides is 1. The molecule has 6 nitrogen and oxygen atoms in total. The summed E-state index contributed by atoms with van der Waals surface area (Å²) in [6, 6.07) is 11.8. The summed E-state index contributed by atoms with van der Waals surface area (Å²) >= 11 is 5.95. The van der Waals surface area contributed by atoms with E-state index in [1.54, 1.807) is 37.3 Å². The van der Waals surface area contributed by atoms with E-state index in [2.05, 4.69) is 5.32 Å². The standard InChI is InChI=1S/C20H23ClN2O4S/c1-2-27-18-9-8-17(14-19(18)28(25,26)23-10-3-4-11-23)22-20(24)13-15-6-5-7-16(21)12-15/h5-9,12,14H,2-4,10-11,13H2,1H3,(H,22,24). The van der Waals surface area contributed by atoms with E-state index in [1.807, 2.05) is 6.07 Å². The summed E-state index contributed by atoms with van der Waals surface area (Å²) < 4.78 is 33.0. The zero-order valence-corrected chi connectivity index (χ0v) is 17.2. The lowest BCUT2D eigenvalue weighted by atomic mass is 10.1. The van der Waals surface area contributed by atoms with Crippen molar-refractivity contribution in [2.75, 3.05) is 25.0 Å². The zero-order chi connectivity index (χ0) is 20.1. The number of nitrogens with one attached hydrogen (secondary N) is 1. The first-order valence-corrected chi connectivity index (χ1v) is 11.0. The van der Waals surface area contributed by atoms with Gasteiger partial charge in [-0.1, -0.05) is 23.7 Å². The lowest BCUT2D eigenvalue weighted by Crippen LogP contribution is -2.28. The summed E-state index contributed by atoms with van der Waals surface area (Å²) in [5.41, 5.74) is 1.19. The third-order valence-electron chi connectivity index (χ3n) is 4.46. The van der Waals surface area contributed by atoms with Crippen molar-refractivity contribution in [3.8, 4) is 5.75 Å². The van der Waals surface area contributed by atoms with E-state index in [0.717, 1.165) is 18.4 Å². The summed E-state index contributed by atoms with van der Waals surface area (Å²) in [6.07, 6.45) is 1.83. The van der Waals surface area contributed by atoms with Gasteiger partial charge in [-0.2, -0.15) is 4.31 Å². The minimum absolute atomic E-state index is 0.0804. The Morgan fingerprint density at radius 1 is 1.18 bits per heavy atom. The number of nitrogens with zero attached hydrogens (tertiary/aromatic N) is 1. The number of halogens is 1. The number of ether oxygens (including phenoxy) is 1. The van der Waals surface area contributed by atoms with Crippen LogP contribution in [0.4, 0.5) is 5.69 Å². The van der Waals surface area contributed by atoms with Crippen LogP contribution in [0.25, 0.3) is 0 Å². The van der Waals surface area contributed by atoms with E-state index >= 15 is 0 Å². The minimum Gasteiger partial charge on any atom is -0.492 e. The first-order valence-electron chi connectivity index (χ1n) is 9.21. The smallest absolute Gasteiger partial charge is 0.246 e. The van der Waals surface area contributed by atoms with E-state index in [1.165, 1.54) is 10.4 Å². The number of hydrogen-bond acceptors (Lipinski definition) is 4. The van der Waals surface area contributed by atoms with Crippen LogP contribution in [0.1, 0.15) is 25.3 Å². The zero-order valence-electron chi connectivity index (χ0n) is 15.7. The molecule has 2 aromatic carbocycles. The van der Waals surface area contributed by atoms with Gasteiger partial charge in [0.25, 0.3) is 0 Å². The molecule has 28 heavy (non-hydrogen) atoms. The number of hydrogen-bond donors (Lipinski definition) is 1. The molecule has 1 aliphatic rings. The van der Waals surface area contributed by atoms with Crippen LogP contribution in [-0.2, 0) is 21.2 Å². The molecular formula is C20H23ClN2O4S. The fraction of sp³-hybridized carbons (Fsp3) is 0.350. The molecule has 0 radical (unpaired) electrons. The second-order valence-electron chi connectivity index (χ2n) is 6.56. The summed E-state index contributed by atoms with van der Waals surface area (Å²) in [5.74, 6) is 0.0400. The molecule has 0 saturated carbocycles. The molecule has 2 aromatic rings. The average molecular weight is 423 g/mol. The fourth-order valence-corrected chi connectivity index (χ4v) is 5.05. The van der Waals surface area contributed by atoms with Crippen molar-refractivity contribution in [2.24, 2.45) is 0 Å². The summed E-state index contributed by atoms with van der Waals surface area (Å²) in [5, 5.41) is 3.32. The Morgan fingerprint density at radius 3 is 2.61 bits per heavy atom. The number of rotatable bonds is 7. The number of anilines is 1. The highest BCUT2D eigenvalue weighted by molar-refractivity contribution is 7.89. The SMILES string of the molecule is CCOc1ccc(NC(=O)Cc2cccc(Cl)c2)cc1S(=O)(=O)N1CCCC1. The molecule has 1 amide bonds. The highest BCUT2D eigenvalue weighted by Gasteiger charge is 2.30. The Balaban J connectivity index is 1.83. The molecule has 0 bridgehead atoms. The van der Waals surface area contributed by atoms with Gasteiger partial charge in [0.05, 0.1) is 13.0 Å². The molecule has 3 rings (SSSR count). The van der Waals surface area contributed by atoms with Crippen LogP contribution in [-0.4, -0.2) is 38.3 Å². The van der Waals surface area contributed by atoms with Gasteiger partial charge >= 0.3 is 0 Å². The predicted molar refractivity (Wildman–Crippen MR) is 109 cm³/mol. The van der Waals surface area contributed by atoms with Crippen LogP contribution >= 0.6 is 11.6 Å². The largest absolute Gasteiger partial charge is 0.492 e. The van der Waals surface area contributed by atoms with Gasteiger partial charge in [0.15, 0.2) is 0 Å². The van der Waals surface area contributed by atoms with Crippen molar-refractivity contribution in [3.05, 3.63) is 53.1 Å². The summed E-state index contributed by atoms with van der Waals surface area (Å²) in [4.78, 5) is 12.5. The average Bonchev–Trinajstić information content (AvgIpc) is 3.18. The highest BCUT2D eigenvalue weighted by atomic mass is 35.5. The number of benzene rings is 2. The van der Waals surface area contributed by atoms with Crippen LogP contribution in [0, 0.1) is 0 Å². The number of sulfonamides is 1. The van der Waals surface area contributed by atoms with Gasteiger partial charge in [-0.3, -0.25) is 4.79 Å². The van der Waals surface area contributed by atoms with Crippen molar-refractivity contribution >= 4 is 33.2 Å². The second-order valence-corrected chi connectivity index (χ2v) is 8.90. The molecule has 0 atom stereocenters. The van der Waals surface area contributed by atoms with Gasteiger partial charge in [0, 0.05) is 23.8 Å². The Labute approximate surface area is 170 Å². The number of carbonyl (C=O) groups is 1. The van der Waals surface area contributed by atoms with Crippen molar-refractivity contribution in [2.45, 2.75) is 31.1 Å². The Hall–Kier alpha value is -2.09. The van der Waals surface area contributed by atoms with Crippen molar-refractivity contribution in [1.82, 2.24) is 4.31 Å². The summed E-state index contributed by atoms with van der Waals surface area (Å²) in [7, 11) is -3.67. The number of carbonyl (C=O) groups excluding carboxylic acids is 1. The molecule has 1 N–H and O–H groups in total. The van der Waals surface area contributed by atoms with Gasteiger partial charge < -0.3 is 10.1 Å². The molecule has 1 saturated heterocycles. The Morgan fingerprint density at radius 2 is 1.93 bits per heavy atom. The van der Waals surface area contributed by atoms with Gasteiger partial charge in [0.2, 0.25) is 15.9 Å². The van der Waals surface area contributed by atoms with E-state index in [9.17, 15) is 13.2 Å². The third kappa shape index (κ3) is 4.84. The van der Waals surface area contributed by atoms with Gasteiger partial charge in [-0.15, -0.1) is 0 Å². The Kier molecular flexibility index (Phi) is 6.59. The van der Waals surface area contributed by atoms with Crippen LogP contribution < -0.4 is 10.1 Å². The molecule has 0 unspecified atom stereocenters. The van der Waals surface area contributed by atoms with Crippen LogP contribution in [0.2, 0.25) is 5.02 Å². The molecule has 150 valence electrons. The Bertz CT molecular complexity index is 956. The lowest BCUT2D eigenvalue weighted by Gasteiger charge is -2.19. The van der Waals surface area contributed by atoms with E-state index < -0.39 is 10.0 Å². The topological polar surface area (TPSA) is 75.7 Å². The van der Waals surface area contributed by atoms with Gasteiger partial charge in [-0.05, 0) is 55.7 Å². The van der Waals surface area contributed by atoms with Gasteiger partial charge in [0.1, 0.15) is 10.6 Å². The van der Waals surface area contributed by atoms with Gasteiger partial charge in [-0.25, -0.2) is 8.42 Å². The normalized spacial score (nSPS) is 14.8. The summed E-state index contributed by atoms with van der Waals surface area (Å²) in [6.45, 7) is 3.15. The predicted octanol–water partition coefficient (Wildman–Crippen LogP) is 3.70. The van der Waals surface area contributed by atoms with Crippen LogP contribution in [0.3, 0.4) is 0 Å². The van der Waals surface area contributed by atoms with E-state index in [-0.39, 0.29) is 17.2 Å². The molecule has 0 spiro atoms. The molecule has 8 heteroatoms. The molecule has 1 heterocycles. The van der Waals surface area contributed by atoms with Crippen LogP contribution in [0.5, 0.6) is 5.75 Å². The first kappa shape index (κ1) is 20.6. The lowest BCUT2D eigenvalue weighted by molar-refractivity contribution is -0.115. The maximum Gasteiger partial charge on any atom is 0.246 e. The molecule has 1 aliphatic heterocycles. The van der Waals surface area contributed by atoms with Crippen molar-refractivity contribution in [1.29, 1.82) is 0 Å². The maximum absolute atomic E-state index is 13.0. The van der Waals surface area contributed by atoms with Crippen LogP contribution in [0.15, 0.2) is 47.4 Å². The third-order valence-corrected chi connectivity index (χ3v) is 6.62. The molecular weight excluding hydrogens is 400 g/mol. The second kappa shape index (κ2) is 8.94. The first-order chi connectivity index (χ1) is 13.4. The van der Waals surface area contributed by atoms with Crippen molar-refractivity contribution < 1.29 is 17.9 Å². The monoisotopic (exact) mass is 422 g/mol. The van der Waals surface area contributed by atoms with Crippen molar-refractivity contribution in [3.63, 3.8) is 0 Å². The molecule has 1 fully saturated rings. The van der Waals surface area contributed by atoms with E-state index in [4.69, 9.17) is 16.3 Å². The van der Waals surface area contributed by atoms with E-state index in [0.29, 0.717) is 36.2 Å². The fourth-order valence-electron chi connectivity index (χ4n) is 3.17. The minimum atomic E-state index is -3.67. The molecule has 0 aliphatic carbocycles.